The number of nitrogens with one attached hydrogen (secondary N) is 1. The topological polar surface area (TPSA) is 92.4 Å². The Hall–Kier alpha value is -1.40. The predicted octanol–water partition coefficient (Wildman–Crippen LogP) is 0.808. The van der Waals surface area contributed by atoms with Gasteiger partial charge in [0, 0.05) is 12.6 Å². The Labute approximate surface area is 83.6 Å². The van der Waals surface area contributed by atoms with E-state index in [9.17, 15) is 9.00 Å². The number of hydrogen-bond acceptors (Lipinski definition) is 3. The van der Waals surface area contributed by atoms with Crippen LogP contribution >= 0.6 is 0 Å². The molecule has 6 heteroatoms. The van der Waals surface area contributed by atoms with Crippen LogP contribution in [0.25, 0.3) is 0 Å². The van der Waals surface area contributed by atoms with Crippen LogP contribution in [0.1, 0.15) is 6.92 Å². The standard InChI is InChI=1S/C8H10N2O3S/c1-5(11)10-6-2-3-7(9)8(4-6)14(12)13/h2-4H,9H2,1H3,(H,10,11)(H,12,13). The zero-order valence-corrected chi connectivity index (χ0v) is 8.30. The summed E-state index contributed by atoms with van der Waals surface area (Å²) in [6.07, 6.45) is 0. The van der Waals surface area contributed by atoms with E-state index in [0.717, 1.165) is 0 Å². The number of carbonyl (C=O) groups excluding carboxylic acids is 1. The highest BCUT2D eigenvalue weighted by Gasteiger charge is 2.06. The minimum atomic E-state index is -2.14. The van der Waals surface area contributed by atoms with Crippen molar-refractivity contribution in [2.24, 2.45) is 0 Å². The summed E-state index contributed by atoms with van der Waals surface area (Å²) >= 11 is -2.14. The Morgan fingerprint density at radius 2 is 2.21 bits per heavy atom. The van der Waals surface area contributed by atoms with Gasteiger partial charge < -0.3 is 15.6 Å². The van der Waals surface area contributed by atoms with Gasteiger partial charge in [-0.2, -0.15) is 0 Å². The highest BCUT2D eigenvalue weighted by molar-refractivity contribution is 7.79. The zero-order chi connectivity index (χ0) is 10.7. The molecule has 0 saturated carbocycles. The number of hydrogen-bond donors (Lipinski definition) is 3. The van der Waals surface area contributed by atoms with Crippen LogP contribution in [0.15, 0.2) is 23.1 Å². The van der Waals surface area contributed by atoms with Crippen LogP contribution < -0.4 is 11.1 Å². The molecule has 4 N–H and O–H groups in total. The maximum absolute atomic E-state index is 10.8. The van der Waals surface area contributed by atoms with E-state index in [1.807, 2.05) is 0 Å². The molecule has 1 rings (SSSR count). The summed E-state index contributed by atoms with van der Waals surface area (Å²) < 4.78 is 19.6. The van der Waals surface area contributed by atoms with Crippen molar-refractivity contribution in [1.29, 1.82) is 0 Å². The van der Waals surface area contributed by atoms with Gasteiger partial charge in [-0.3, -0.25) is 4.79 Å². The molecule has 0 bridgehead atoms. The molecule has 76 valence electrons. The molecule has 0 saturated heterocycles. The maximum Gasteiger partial charge on any atom is 0.221 e. The molecule has 14 heavy (non-hydrogen) atoms. The smallest absolute Gasteiger partial charge is 0.221 e. The fraction of sp³-hybridized carbons (Fsp3) is 0.125. The Morgan fingerprint density at radius 1 is 1.57 bits per heavy atom. The first-order valence-electron chi connectivity index (χ1n) is 3.78. The zero-order valence-electron chi connectivity index (χ0n) is 7.48. The lowest BCUT2D eigenvalue weighted by molar-refractivity contribution is -0.114. The molecule has 0 heterocycles. The molecule has 0 aliphatic carbocycles. The second-order valence-electron chi connectivity index (χ2n) is 2.68. The predicted molar refractivity (Wildman–Crippen MR) is 54.2 cm³/mol. The van der Waals surface area contributed by atoms with Crippen LogP contribution in [-0.2, 0) is 15.9 Å². The van der Waals surface area contributed by atoms with Crippen molar-refractivity contribution in [2.45, 2.75) is 11.8 Å². The van der Waals surface area contributed by atoms with E-state index in [4.69, 9.17) is 10.3 Å². The third-order valence-electron chi connectivity index (χ3n) is 1.52. The van der Waals surface area contributed by atoms with Gasteiger partial charge >= 0.3 is 0 Å². The average molecular weight is 214 g/mol. The van der Waals surface area contributed by atoms with Crippen molar-refractivity contribution in [3.63, 3.8) is 0 Å². The van der Waals surface area contributed by atoms with Crippen molar-refractivity contribution in [2.75, 3.05) is 11.1 Å². The summed E-state index contributed by atoms with van der Waals surface area (Å²) in [4.78, 5) is 10.8. The molecule has 1 aromatic rings. The monoisotopic (exact) mass is 214 g/mol. The first-order valence-corrected chi connectivity index (χ1v) is 4.89. The van der Waals surface area contributed by atoms with E-state index in [-0.39, 0.29) is 16.5 Å². The fourth-order valence-corrected chi connectivity index (χ4v) is 1.46. The lowest BCUT2D eigenvalue weighted by atomic mass is 10.3. The Morgan fingerprint density at radius 3 is 2.71 bits per heavy atom. The van der Waals surface area contributed by atoms with Crippen molar-refractivity contribution in [1.82, 2.24) is 0 Å². The summed E-state index contributed by atoms with van der Waals surface area (Å²) in [6.45, 7) is 1.35. The van der Waals surface area contributed by atoms with Crippen molar-refractivity contribution in [3.05, 3.63) is 18.2 Å². The lowest BCUT2D eigenvalue weighted by Crippen LogP contribution is -2.07. The third-order valence-corrected chi connectivity index (χ3v) is 2.25. The number of anilines is 2. The summed E-state index contributed by atoms with van der Waals surface area (Å²) in [5, 5.41) is 2.49. The van der Waals surface area contributed by atoms with E-state index in [0.29, 0.717) is 5.69 Å². The first-order chi connectivity index (χ1) is 6.50. The number of nitrogen functional groups attached to an aromatic ring is 1. The van der Waals surface area contributed by atoms with Gasteiger partial charge in [-0.25, -0.2) is 4.21 Å². The van der Waals surface area contributed by atoms with Crippen molar-refractivity contribution in [3.8, 4) is 0 Å². The highest BCUT2D eigenvalue weighted by atomic mass is 32.2. The Balaban J connectivity index is 3.06. The Bertz CT molecular complexity index is 392. The molecule has 0 radical (unpaired) electrons. The molecule has 1 aromatic carbocycles. The van der Waals surface area contributed by atoms with Gasteiger partial charge in [0.05, 0.1) is 10.6 Å². The van der Waals surface area contributed by atoms with Gasteiger partial charge in [0.2, 0.25) is 5.91 Å². The highest BCUT2D eigenvalue weighted by Crippen LogP contribution is 2.20. The molecule has 1 atom stereocenters. The second-order valence-corrected chi connectivity index (χ2v) is 3.62. The summed E-state index contributed by atoms with van der Waals surface area (Å²) in [5.41, 5.74) is 6.13. The molecule has 1 unspecified atom stereocenters. The molecule has 0 aliphatic rings. The Kier molecular flexibility index (Phi) is 3.21. The molecule has 5 nitrogen and oxygen atoms in total. The minimum Gasteiger partial charge on any atom is -0.398 e. The maximum atomic E-state index is 10.8. The van der Waals surface area contributed by atoms with Crippen LogP contribution in [0.5, 0.6) is 0 Å². The van der Waals surface area contributed by atoms with Gasteiger partial charge in [0.1, 0.15) is 0 Å². The van der Waals surface area contributed by atoms with Crippen LogP contribution in [0.3, 0.4) is 0 Å². The molecular formula is C8H10N2O3S. The fourth-order valence-electron chi connectivity index (χ4n) is 0.967. The first kappa shape index (κ1) is 10.7. The molecular weight excluding hydrogens is 204 g/mol. The summed E-state index contributed by atoms with van der Waals surface area (Å²) in [5.74, 6) is -0.246. The molecule has 0 aliphatic heterocycles. The van der Waals surface area contributed by atoms with E-state index < -0.39 is 11.1 Å². The lowest BCUT2D eigenvalue weighted by Gasteiger charge is -2.05. The number of rotatable bonds is 2. The molecule has 0 aromatic heterocycles. The molecule has 1 amide bonds. The van der Waals surface area contributed by atoms with Gasteiger partial charge in [0.15, 0.2) is 11.1 Å². The van der Waals surface area contributed by atoms with Crippen LogP contribution in [-0.4, -0.2) is 14.7 Å². The third kappa shape index (κ3) is 2.54. The number of benzene rings is 1. The molecule has 0 spiro atoms. The SMILES string of the molecule is CC(=O)Nc1ccc(N)c(S(=O)O)c1. The summed E-state index contributed by atoms with van der Waals surface area (Å²) in [6, 6.07) is 4.40. The largest absolute Gasteiger partial charge is 0.398 e. The minimum absolute atomic E-state index is 0.0938. The molecule has 0 fully saturated rings. The van der Waals surface area contributed by atoms with Gasteiger partial charge in [-0.15, -0.1) is 0 Å². The number of nitrogens with two attached hydrogens (primary N) is 1. The van der Waals surface area contributed by atoms with E-state index in [2.05, 4.69) is 5.32 Å². The normalized spacial score (nSPS) is 12.1. The number of amides is 1. The quantitative estimate of drug-likeness (QED) is 0.501. The summed E-state index contributed by atoms with van der Waals surface area (Å²) in [7, 11) is 0. The van der Waals surface area contributed by atoms with Crippen molar-refractivity contribution >= 4 is 28.4 Å². The van der Waals surface area contributed by atoms with Gasteiger partial charge in [-0.1, -0.05) is 0 Å². The van der Waals surface area contributed by atoms with Gasteiger partial charge in [-0.05, 0) is 18.2 Å². The number of carbonyl (C=O) groups is 1. The van der Waals surface area contributed by atoms with Gasteiger partial charge in [0.25, 0.3) is 0 Å². The van der Waals surface area contributed by atoms with Crippen LogP contribution in [0.4, 0.5) is 11.4 Å². The van der Waals surface area contributed by atoms with E-state index in [1.165, 1.54) is 19.1 Å². The average Bonchev–Trinajstić information content (AvgIpc) is 2.07. The van der Waals surface area contributed by atoms with Crippen molar-refractivity contribution < 1.29 is 13.6 Å². The van der Waals surface area contributed by atoms with Crippen LogP contribution in [0.2, 0.25) is 0 Å². The van der Waals surface area contributed by atoms with E-state index in [1.54, 1.807) is 6.07 Å². The second kappa shape index (κ2) is 4.21. The van der Waals surface area contributed by atoms with Crippen LogP contribution in [0, 0.1) is 0 Å². The van der Waals surface area contributed by atoms with E-state index >= 15 is 0 Å².